The quantitative estimate of drug-likeness (QED) is 0.705. The van der Waals surface area contributed by atoms with Crippen molar-refractivity contribution in [2.75, 3.05) is 5.32 Å². The van der Waals surface area contributed by atoms with Gasteiger partial charge in [0.05, 0.1) is 17.9 Å². The van der Waals surface area contributed by atoms with Crippen molar-refractivity contribution in [2.24, 2.45) is 0 Å². The van der Waals surface area contributed by atoms with Crippen LogP contribution in [0, 0.1) is 0 Å². The molecular formula is C16H14ClN5S. The number of pyridine rings is 1. The van der Waals surface area contributed by atoms with Gasteiger partial charge in [0, 0.05) is 23.6 Å². The first-order chi connectivity index (χ1) is 11.3. The van der Waals surface area contributed by atoms with Crippen molar-refractivity contribution in [3.8, 4) is 11.4 Å². The fourth-order valence-corrected chi connectivity index (χ4v) is 3.16. The average molecular weight is 344 g/mol. The monoisotopic (exact) mass is 343 g/mol. The molecule has 1 aliphatic carbocycles. The van der Waals surface area contributed by atoms with Crippen LogP contribution in [0.25, 0.3) is 11.4 Å². The van der Waals surface area contributed by atoms with E-state index in [2.05, 4.69) is 25.3 Å². The van der Waals surface area contributed by atoms with Crippen LogP contribution in [0.5, 0.6) is 0 Å². The Morgan fingerprint density at radius 2 is 2.09 bits per heavy atom. The number of hydrogen-bond donors (Lipinski definition) is 1. The summed E-state index contributed by atoms with van der Waals surface area (Å²) in [5, 5.41) is 6.76. The number of thiazole rings is 1. The van der Waals surface area contributed by atoms with Crippen LogP contribution in [0.4, 0.5) is 5.82 Å². The van der Waals surface area contributed by atoms with Gasteiger partial charge in [0.15, 0.2) is 0 Å². The molecule has 1 fully saturated rings. The number of rotatable bonds is 5. The molecule has 1 N–H and O–H groups in total. The Balaban J connectivity index is 1.46. The van der Waals surface area contributed by atoms with E-state index in [1.165, 1.54) is 0 Å². The molecule has 3 aromatic heterocycles. The van der Waals surface area contributed by atoms with Gasteiger partial charge in [0.1, 0.15) is 21.8 Å². The molecule has 3 aromatic rings. The first-order valence-corrected chi connectivity index (χ1v) is 8.68. The van der Waals surface area contributed by atoms with Gasteiger partial charge in [-0.25, -0.2) is 15.0 Å². The van der Waals surface area contributed by atoms with Crippen LogP contribution < -0.4 is 5.32 Å². The Hall–Kier alpha value is -2.05. The first-order valence-electron chi connectivity index (χ1n) is 7.42. The lowest BCUT2D eigenvalue weighted by Gasteiger charge is -2.06. The van der Waals surface area contributed by atoms with Crippen molar-refractivity contribution in [3.63, 3.8) is 0 Å². The van der Waals surface area contributed by atoms with Gasteiger partial charge in [-0.1, -0.05) is 17.7 Å². The Morgan fingerprint density at radius 3 is 2.87 bits per heavy atom. The third kappa shape index (κ3) is 3.48. The standard InChI is InChI=1S/C16H14ClN5S/c17-13-7-14(22-16(21-13)10-4-5-10)19-8-15-20-12(9-23-15)11-3-1-2-6-18-11/h1-3,6-7,9-10H,4-5,8H2,(H,19,21,22). The van der Waals surface area contributed by atoms with Crippen LogP contribution in [0.15, 0.2) is 35.8 Å². The summed E-state index contributed by atoms with van der Waals surface area (Å²) in [4.78, 5) is 17.7. The minimum atomic E-state index is 0.477. The van der Waals surface area contributed by atoms with E-state index in [0.717, 1.165) is 40.9 Å². The first kappa shape index (κ1) is 14.5. The topological polar surface area (TPSA) is 63.6 Å². The minimum absolute atomic E-state index is 0.477. The number of aromatic nitrogens is 4. The minimum Gasteiger partial charge on any atom is -0.363 e. The van der Waals surface area contributed by atoms with Gasteiger partial charge >= 0.3 is 0 Å². The molecule has 0 amide bonds. The highest BCUT2D eigenvalue weighted by Gasteiger charge is 2.27. The molecule has 1 aliphatic rings. The lowest BCUT2D eigenvalue weighted by Crippen LogP contribution is -2.04. The van der Waals surface area contributed by atoms with Gasteiger partial charge in [-0.05, 0) is 25.0 Å². The second kappa shape index (κ2) is 6.22. The molecule has 0 spiro atoms. The molecule has 3 heterocycles. The van der Waals surface area contributed by atoms with Gasteiger partial charge in [-0.2, -0.15) is 0 Å². The van der Waals surface area contributed by atoms with E-state index >= 15 is 0 Å². The van der Waals surface area contributed by atoms with Gasteiger partial charge in [0.2, 0.25) is 0 Å². The molecule has 7 heteroatoms. The molecule has 0 aromatic carbocycles. The average Bonchev–Trinajstić information content (AvgIpc) is 3.32. The van der Waals surface area contributed by atoms with E-state index in [-0.39, 0.29) is 0 Å². The summed E-state index contributed by atoms with van der Waals surface area (Å²) < 4.78 is 0. The molecule has 0 unspecified atom stereocenters. The molecule has 4 rings (SSSR count). The Bertz CT molecular complexity index is 816. The fraction of sp³-hybridized carbons (Fsp3) is 0.250. The van der Waals surface area contributed by atoms with Crippen LogP contribution in [-0.2, 0) is 6.54 Å². The highest BCUT2D eigenvalue weighted by atomic mass is 35.5. The van der Waals surface area contributed by atoms with E-state index in [9.17, 15) is 0 Å². The molecule has 0 bridgehead atoms. The van der Waals surface area contributed by atoms with Crippen molar-refractivity contribution in [3.05, 3.63) is 51.8 Å². The third-order valence-electron chi connectivity index (χ3n) is 3.55. The number of nitrogens with one attached hydrogen (secondary N) is 1. The highest BCUT2D eigenvalue weighted by Crippen LogP contribution is 2.38. The molecule has 0 radical (unpaired) electrons. The summed E-state index contributed by atoms with van der Waals surface area (Å²) in [7, 11) is 0. The van der Waals surface area contributed by atoms with Crippen molar-refractivity contribution in [1.82, 2.24) is 19.9 Å². The molecular weight excluding hydrogens is 330 g/mol. The number of anilines is 1. The van der Waals surface area contributed by atoms with E-state index in [4.69, 9.17) is 11.6 Å². The van der Waals surface area contributed by atoms with Gasteiger partial charge in [-0.3, -0.25) is 4.98 Å². The predicted octanol–water partition coefficient (Wildman–Crippen LogP) is 4.14. The molecule has 0 atom stereocenters. The lowest BCUT2D eigenvalue weighted by atomic mass is 10.3. The zero-order chi connectivity index (χ0) is 15.6. The lowest BCUT2D eigenvalue weighted by molar-refractivity contribution is 0.920. The summed E-state index contributed by atoms with van der Waals surface area (Å²) in [6, 6.07) is 7.57. The van der Waals surface area contributed by atoms with Crippen LogP contribution in [-0.4, -0.2) is 19.9 Å². The Morgan fingerprint density at radius 1 is 1.17 bits per heavy atom. The van der Waals surface area contributed by atoms with E-state index in [1.54, 1.807) is 23.6 Å². The molecule has 1 saturated carbocycles. The smallest absolute Gasteiger partial charge is 0.135 e. The van der Waals surface area contributed by atoms with Crippen molar-refractivity contribution in [1.29, 1.82) is 0 Å². The maximum atomic E-state index is 6.08. The summed E-state index contributed by atoms with van der Waals surface area (Å²) in [6.07, 6.45) is 4.08. The Kier molecular flexibility index (Phi) is 3.93. The SMILES string of the molecule is Clc1cc(NCc2nc(-c3ccccn3)cs2)nc(C2CC2)n1. The van der Waals surface area contributed by atoms with Crippen LogP contribution in [0.3, 0.4) is 0 Å². The predicted molar refractivity (Wildman–Crippen MR) is 91.7 cm³/mol. The van der Waals surface area contributed by atoms with E-state index < -0.39 is 0 Å². The normalized spacial score (nSPS) is 14.0. The zero-order valence-electron chi connectivity index (χ0n) is 12.2. The summed E-state index contributed by atoms with van der Waals surface area (Å²) >= 11 is 7.68. The summed E-state index contributed by atoms with van der Waals surface area (Å²) in [5.41, 5.74) is 1.78. The molecule has 0 saturated heterocycles. The second-order valence-corrected chi connectivity index (χ2v) is 6.73. The van der Waals surface area contributed by atoms with Crippen LogP contribution in [0.1, 0.15) is 29.6 Å². The summed E-state index contributed by atoms with van der Waals surface area (Å²) in [5.74, 6) is 2.07. The molecule has 23 heavy (non-hydrogen) atoms. The maximum absolute atomic E-state index is 6.08. The van der Waals surface area contributed by atoms with E-state index in [1.807, 2.05) is 23.6 Å². The zero-order valence-corrected chi connectivity index (χ0v) is 13.8. The number of hydrogen-bond acceptors (Lipinski definition) is 6. The van der Waals surface area contributed by atoms with Gasteiger partial charge in [-0.15, -0.1) is 11.3 Å². The van der Waals surface area contributed by atoms with Crippen molar-refractivity contribution >= 4 is 28.8 Å². The third-order valence-corrected chi connectivity index (χ3v) is 4.60. The number of nitrogens with zero attached hydrogens (tertiary/aromatic N) is 4. The highest BCUT2D eigenvalue weighted by molar-refractivity contribution is 7.09. The van der Waals surface area contributed by atoms with Crippen molar-refractivity contribution < 1.29 is 0 Å². The van der Waals surface area contributed by atoms with Crippen LogP contribution >= 0.6 is 22.9 Å². The van der Waals surface area contributed by atoms with Crippen molar-refractivity contribution in [2.45, 2.75) is 25.3 Å². The summed E-state index contributed by atoms with van der Waals surface area (Å²) in [6.45, 7) is 0.606. The second-order valence-electron chi connectivity index (χ2n) is 5.40. The Labute approximate surface area is 142 Å². The van der Waals surface area contributed by atoms with E-state index in [0.29, 0.717) is 17.6 Å². The van der Waals surface area contributed by atoms with Crippen LogP contribution in [0.2, 0.25) is 5.15 Å². The molecule has 116 valence electrons. The molecule has 5 nitrogen and oxygen atoms in total. The maximum Gasteiger partial charge on any atom is 0.135 e. The molecule has 0 aliphatic heterocycles. The fourth-order valence-electron chi connectivity index (χ4n) is 2.24. The van der Waals surface area contributed by atoms with Gasteiger partial charge < -0.3 is 5.32 Å². The largest absolute Gasteiger partial charge is 0.363 e. The number of halogens is 1. The van der Waals surface area contributed by atoms with Gasteiger partial charge in [0.25, 0.3) is 0 Å².